The first kappa shape index (κ1) is 15.4. The molecule has 0 fully saturated rings. The summed E-state index contributed by atoms with van der Waals surface area (Å²) in [7, 11) is -3.06. The third-order valence-electron chi connectivity index (χ3n) is 2.38. The summed E-state index contributed by atoms with van der Waals surface area (Å²) in [6.45, 7) is 5.90. The van der Waals surface area contributed by atoms with E-state index in [9.17, 15) is 13.2 Å². The molecule has 0 aliphatic rings. The van der Waals surface area contributed by atoms with Crippen molar-refractivity contribution in [2.75, 3.05) is 12.9 Å². The largest absolute Gasteiger partial charge is 0.462 e. The van der Waals surface area contributed by atoms with E-state index in [4.69, 9.17) is 4.74 Å². The average molecular weight is 282 g/mol. The van der Waals surface area contributed by atoms with Crippen LogP contribution in [0, 0.1) is 0 Å². The van der Waals surface area contributed by atoms with Crippen molar-refractivity contribution in [3.8, 4) is 0 Å². The van der Waals surface area contributed by atoms with Crippen LogP contribution >= 0.6 is 0 Å². The topological polar surface area (TPSA) is 60.4 Å². The van der Waals surface area contributed by atoms with E-state index >= 15 is 0 Å². The highest BCUT2D eigenvalue weighted by Gasteiger charge is 2.08. The Balaban J connectivity index is 2.60. The van der Waals surface area contributed by atoms with Crippen LogP contribution in [0.1, 0.15) is 29.3 Å². The van der Waals surface area contributed by atoms with Gasteiger partial charge in [-0.05, 0) is 24.6 Å². The second kappa shape index (κ2) is 6.52. The lowest BCUT2D eigenvalue weighted by atomic mass is 10.1. The summed E-state index contributed by atoms with van der Waals surface area (Å²) in [4.78, 5) is 11.7. The zero-order valence-electron chi connectivity index (χ0n) is 11.2. The van der Waals surface area contributed by atoms with Gasteiger partial charge in [0.15, 0.2) is 9.84 Å². The van der Waals surface area contributed by atoms with Gasteiger partial charge in [0, 0.05) is 12.7 Å². The summed E-state index contributed by atoms with van der Waals surface area (Å²) in [6.07, 6.45) is 1.81. The third kappa shape index (κ3) is 6.20. The van der Waals surface area contributed by atoms with Crippen molar-refractivity contribution in [2.24, 2.45) is 0 Å². The van der Waals surface area contributed by atoms with E-state index in [1.807, 2.05) is 6.92 Å². The maximum Gasteiger partial charge on any atom is 0.338 e. The predicted octanol–water partition coefficient (Wildman–Crippen LogP) is 2.35. The van der Waals surface area contributed by atoms with Gasteiger partial charge in [-0.3, -0.25) is 0 Å². The van der Waals surface area contributed by atoms with Crippen LogP contribution in [0.3, 0.4) is 0 Å². The molecule has 19 heavy (non-hydrogen) atoms. The fourth-order valence-corrected chi connectivity index (χ4v) is 2.24. The highest BCUT2D eigenvalue weighted by molar-refractivity contribution is 7.89. The normalized spacial score (nSPS) is 11.1. The molecular formula is C14H18O4S. The summed E-state index contributed by atoms with van der Waals surface area (Å²) >= 11 is 0. The Morgan fingerprint density at radius 3 is 2.32 bits per heavy atom. The number of sulfone groups is 1. The number of rotatable bonds is 6. The van der Waals surface area contributed by atoms with E-state index < -0.39 is 15.8 Å². The molecule has 4 nitrogen and oxygen atoms in total. The number of benzene rings is 1. The Bertz CT molecular complexity index is 556. The first-order chi connectivity index (χ1) is 8.78. The van der Waals surface area contributed by atoms with Crippen molar-refractivity contribution in [1.29, 1.82) is 0 Å². The van der Waals surface area contributed by atoms with Gasteiger partial charge in [-0.25, -0.2) is 13.2 Å². The van der Waals surface area contributed by atoms with Gasteiger partial charge in [0.25, 0.3) is 0 Å². The minimum atomic E-state index is -3.06. The number of carbonyl (C=O) groups is 1. The van der Waals surface area contributed by atoms with Crippen molar-refractivity contribution < 1.29 is 17.9 Å². The fraction of sp³-hybridized carbons (Fsp3) is 0.357. The van der Waals surface area contributed by atoms with Crippen molar-refractivity contribution in [3.05, 3.63) is 47.5 Å². The van der Waals surface area contributed by atoms with Crippen LogP contribution in [0.5, 0.6) is 0 Å². The summed E-state index contributed by atoms with van der Waals surface area (Å²) < 4.78 is 27.3. The molecular weight excluding hydrogens is 264 g/mol. The maximum atomic E-state index is 11.7. The molecule has 0 aliphatic carbocycles. The van der Waals surface area contributed by atoms with Gasteiger partial charge in [-0.15, -0.1) is 6.58 Å². The molecule has 0 spiro atoms. The second-order valence-corrected chi connectivity index (χ2v) is 6.75. The molecule has 0 aromatic heterocycles. The third-order valence-corrected chi connectivity index (χ3v) is 3.24. The predicted molar refractivity (Wildman–Crippen MR) is 74.7 cm³/mol. The standard InChI is InChI=1S/C14H18O4S/c1-11(2)8-9-18-14(15)13-6-4-12(5-7-13)10-19(3,16)17/h4-7H,1,8-10H2,2-3H3. The summed E-state index contributed by atoms with van der Waals surface area (Å²) in [5.41, 5.74) is 2.02. The van der Waals surface area contributed by atoms with Gasteiger partial charge in [-0.2, -0.15) is 0 Å². The monoisotopic (exact) mass is 282 g/mol. The van der Waals surface area contributed by atoms with E-state index in [0.717, 1.165) is 5.57 Å². The van der Waals surface area contributed by atoms with Crippen molar-refractivity contribution >= 4 is 15.8 Å². The highest BCUT2D eigenvalue weighted by atomic mass is 32.2. The zero-order valence-corrected chi connectivity index (χ0v) is 12.0. The quantitative estimate of drug-likeness (QED) is 0.593. The van der Waals surface area contributed by atoms with Gasteiger partial charge in [0.1, 0.15) is 0 Å². The molecule has 0 amide bonds. The second-order valence-electron chi connectivity index (χ2n) is 4.61. The summed E-state index contributed by atoms with van der Waals surface area (Å²) in [5.74, 6) is -0.440. The van der Waals surface area contributed by atoms with E-state index in [-0.39, 0.29) is 5.75 Å². The van der Waals surface area contributed by atoms with Crippen LogP contribution < -0.4 is 0 Å². The molecule has 1 aromatic carbocycles. The van der Waals surface area contributed by atoms with Crippen LogP contribution in [0.4, 0.5) is 0 Å². The lowest BCUT2D eigenvalue weighted by molar-refractivity contribution is 0.0509. The van der Waals surface area contributed by atoms with Crippen LogP contribution in [0.25, 0.3) is 0 Å². The molecule has 0 saturated carbocycles. The van der Waals surface area contributed by atoms with E-state index in [2.05, 4.69) is 6.58 Å². The van der Waals surface area contributed by atoms with Gasteiger partial charge >= 0.3 is 5.97 Å². The number of esters is 1. The molecule has 0 bridgehead atoms. The molecule has 1 aromatic rings. The SMILES string of the molecule is C=C(C)CCOC(=O)c1ccc(CS(C)(=O)=O)cc1. The molecule has 1 rings (SSSR count). The van der Waals surface area contributed by atoms with Crippen LogP contribution in [0.2, 0.25) is 0 Å². The van der Waals surface area contributed by atoms with E-state index in [1.54, 1.807) is 24.3 Å². The van der Waals surface area contributed by atoms with Crippen LogP contribution in [0.15, 0.2) is 36.4 Å². The van der Waals surface area contributed by atoms with Crippen molar-refractivity contribution in [3.63, 3.8) is 0 Å². The fourth-order valence-electron chi connectivity index (χ4n) is 1.44. The molecule has 104 valence electrons. The Morgan fingerprint density at radius 2 is 1.84 bits per heavy atom. The molecule has 0 radical (unpaired) electrons. The Labute approximate surface area is 114 Å². The minimum Gasteiger partial charge on any atom is -0.462 e. The molecule has 0 atom stereocenters. The number of carbonyl (C=O) groups excluding carboxylic acids is 1. The number of hydrogen-bond donors (Lipinski definition) is 0. The van der Waals surface area contributed by atoms with Crippen molar-refractivity contribution in [1.82, 2.24) is 0 Å². The Morgan fingerprint density at radius 1 is 1.26 bits per heavy atom. The van der Waals surface area contributed by atoms with Crippen LogP contribution in [-0.4, -0.2) is 27.2 Å². The molecule has 0 N–H and O–H groups in total. The van der Waals surface area contributed by atoms with Gasteiger partial charge < -0.3 is 4.74 Å². The van der Waals surface area contributed by atoms with Crippen molar-refractivity contribution in [2.45, 2.75) is 19.1 Å². The first-order valence-corrected chi connectivity index (χ1v) is 7.92. The first-order valence-electron chi connectivity index (χ1n) is 5.86. The van der Waals surface area contributed by atoms with E-state index in [1.165, 1.54) is 6.26 Å². The zero-order chi connectivity index (χ0) is 14.5. The lowest BCUT2D eigenvalue weighted by Crippen LogP contribution is -2.07. The number of hydrogen-bond acceptors (Lipinski definition) is 4. The molecule has 0 aliphatic heterocycles. The Hall–Kier alpha value is -1.62. The van der Waals surface area contributed by atoms with Gasteiger partial charge in [0.2, 0.25) is 0 Å². The van der Waals surface area contributed by atoms with E-state index in [0.29, 0.717) is 24.2 Å². The Kier molecular flexibility index (Phi) is 5.30. The van der Waals surface area contributed by atoms with Gasteiger partial charge in [0.05, 0.1) is 17.9 Å². The average Bonchev–Trinajstić information content (AvgIpc) is 2.27. The molecule has 0 heterocycles. The minimum absolute atomic E-state index is 0.0298. The summed E-state index contributed by atoms with van der Waals surface area (Å²) in [6, 6.07) is 6.39. The smallest absolute Gasteiger partial charge is 0.338 e. The summed E-state index contributed by atoms with van der Waals surface area (Å²) in [5, 5.41) is 0. The number of ether oxygens (including phenoxy) is 1. The molecule has 0 unspecified atom stereocenters. The lowest BCUT2D eigenvalue weighted by Gasteiger charge is -2.05. The molecule has 5 heteroatoms. The highest BCUT2D eigenvalue weighted by Crippen LogP contribution is 2.09. The molecule has 0 saturated heterocycles. The maximum absolute atomic E-state index is 11.7. The van der Waals surface area contributed by atoms with Crippen LogP contribution in [-0.2, 0) is 20.3 Å². The van der Waals surface area contributed by atoms with Gasteiger partial charge in [-0.1, -0.05) is 17.7 Å².